The van der Waals surface area contributed by atoms with E-state index in [1.165, 1.54) is 44.9 Å². The van der Waals surface area contributed by atoms with Gasteiger partial charge < -0.3 is 14.2 Å². The summed E-state index contributed by atoms with van der Waals surface area (Å²) in [6, 6.07) is 0. The maximum Gasteiger partial charge on any atom is 0.306 e. The van der Waals surface area contributed by atoms with E-state index in [9.17, 15) is 14.4 Å². The summed E-state index contributed by atoms with van der Waals surface area (Å²) in [6.07, 6.45) is 88.4. The molecule has 6 heteroatoms. The van der Waals surface area contributed by atoms with Crippen molar-refractivity contribution < 1.29 is 28.6 Å². The van der Waals surface area contributed by atoms with Crippen LogP contribution in [0.4, 0.5) is 0 Å². The molecular weight excluding hydrogens is 925 g/mol. The molecule has 0 aliphatic heterocycles. The summed E-state index contributed by atoms with van der Waals surface area (Å²) in [4.78, 5) is 38.3. The summed E-state index contributed by atoms with van der Waals surface area (Å²) in [7, 11) is 0. The molecule has 0 aliphatic rings. The summed E-state index contributed by atoms with van der Waals surface area (Å²) in [5.41, 5.74) is 0. The Morgan fingerprint density at radius 3 is 0.827 bits per heavy atom. The molecule has 0 amide bonds. The molecule has 0 aromatic rings. The molecule has 0 aliphatic carbocycles. The minimum Gasteiger partial charge on any atom is -0.462 e. The third kappa shape index (κ3) is 60.0. The number of hydrogen-bond donors (Lipinski definition) is 0. The van der Waals surface area contributed by atoms with Crippen LogP contribution in [0.1, 0.15) is 252 Å². The van der Waals surface area contributed by atoms with Crippen LogP contribution in [-0.2, 0) is 28.6 Å². The van der Waals surface area contributed by atoms with Gasteiger partial charge in [-0.2, -0.15) is 0 Å². The van der Waals surface area contributed by atoms with Crippen LogP contribution in [0.5, 0.6) is 0 Å². The highest BCUT2D eigenvalue weighted by Crippen LogP contribution is 2.14. The average molecular weight is 1040 g/mol. The highest BCUT2D eigenvalue weighted by Gasteiger charge is 2.19. The SMILES string of the molecule is CC/C=C\C/C=C\C/C=C\C/C=C\C/C=C\C/C=C\C/C=C\CCCCCC(=O)OCC(COC(=O)CCCCCCC/C=C\C/C=C\CCCCC)OC(=O)CCCCCCCCC/C=C\C/C=C\C/C=C\CC. The van der Waals surface area contributed by atoms with Gasteiger partial charge >= 0.3 is 17.9 Å². The molecule has 0 heterocycles. The summed E-state index contributed by atoms with van der Waals surface area (Å²) in [5.74, 6) is -0.965. The maximum atomic E-state index is 12.9. The van der Waals surface area contributed by atoms with Crippen molar-refractivity contribution >= 4 is 17.9 Å². The smallest absolute Gasteiger partial charge is 0.306 e. The van der Waals surface area contributed by atoms with Crippen molar-refractivity contribution in [1.82, 2.24) is 0 Å². The molecule has 1 unspecified atom stereocenters. The van der Waals surface area contributed by atoms with Gasteiger partial charge in [0.15, 0.2) is 6.10 Å². The molecule has 422 valence electrons. The second-order valence-corrected chi connectivity index (χ2v) is 19.5. The third-order valence-electron chi connectivity index (χ3n) is 12.3. The number of hydrogen-bond acceptors (Lipinski definition) is 6. The Morgan fingerprint density at radius 2 is 0.520 bits per heavy atom. The van der Waals surface area contributed by atoms with Crippen LogP contribution in [0.3, 0.4) is 0 Å². The number of ether oxygens (including phenoxy) is 3. The van der Waals surface area contributed by atoms with Gasteiger partial charge in [0, 0.05) is 19.3 Å². The second-order valence-electron chi connectivity index (χ2n) is 19.5. The fourth-order valence-corrected chi connectivity index (χ4v) is 7.82. The Hall–Kier alpha value is -4.71. The highest BCUT2D eigenvalue weighted by molar-refractivity contribution is 5.71. The minimum absolute atomic E-state index is 0.106. The Bertz CT molecular complexity index is 1660. The predicted octanol–water partition coefficient (Wildman–Crippen LogP) is 20.8. The molecule has 0 rings (SSSR count). The van der Waals surface area contributed by atoms with Gasteiger partial charge in [-0.1, -0.05) is 237 Å². The first-order valence-corrected chi connectivity index (χ1v) is 30.3. The molecule has 0 fully saturated rings. The van der Waals surface area contributed by atoms with Crippen LogP contribution >= 0.6 is 0 Å². The lowest BCUT2D eigenvalue weighted by atomic mass is 10.1. The van der Waals surface area contributed by atoms with Crippen LogP contribution in [-0.4, -0.2) is 37.2 Å². The average Bonchev–Trinajstić information content (AvgIpc) is 3.41. The number of unbranched alkanes of at least 4 members (excludes halogenated alkanes) is 18. The van der Waals surface area contributed by atoms with E-state index in [4.69, 9.17) is 14.2 Å². The lowest BCUT2D eigenvalue weighted by molar-refractivity contribution is -0.167. The van der Waals surface area contributed by atoms with Gasteiger partial charge in [0.05, 0.1) is 0 Å². The van der Waals surface area contributed by atoms with Crippen molar-refractivity contribution in [3.05, 3.63) is 146 Å². The van der Waals surface area contributed by atoms with E-state index >= 15 is 0 Å². The van der Waals surface area contributed by atoms with Crippen LogP contribution < -0.4 is 0 Å². The summed E-state index contributed by atoms with van der Waals surface area (Å²) >= 11 is 0. The lowest BCUT2D eigenvalue weighted by Gasteiger charge is -2.18. The maximum absolute atomic E-state index is 12.9. The number of esters is 3. The molecule has 0 radical (unpaired) electrons. The minimum atomic E-state index is -0.811. The Balaban J connectivity index is 4.49. The molecule has 6 nitrogen and oxygen atoms in total. The van der Waals surface area contributed by atoms with E-state index in [2.05, 4.69) is 167 Å². The highest BCUT2D eigenvalue weighted by atomic mass is 16.6. The molecule has 0 spiro atoms. The van der Waals surface area contributed by atoms with Gasteiger partial charge in [-0.15, -0.1) is 0 Å². The van der Waals surface area contributed by atoms with Gasteiger partial charge in [0.2, 0.25) is 0 Å². The largest absolute Gasteiger partial charge is 0.462 e. The van der Waals surface area contributed by atoms with Crippen molar-refractivity contribution in [3.63, 3.8) is 0 Å². The molecule has 0 aromatic carbocycles. The van der Waals surface area contributed by atoms with Crippen LogP contribution in [0.25, 0.3) is 0 Å². The summed E-state index contributed by atoms with van der Waals surface area (Å²) in [5, 5.41) is 0. The van der Waals surface area contributed by atoms with E-state index in [0.29, 0.717) is 19.3 Å². The standard InChI is InChI=1S/C69H110O6/c1-4-7-10-13-16-19-22-25-28-30-31-32-33-34-35-36-37-39-41-44-47-50-53-56-59-62-68(71)74-65-66(64-73-67(70)61-58-55-52-49-46-43-40-27-24-21-18-15-12-9-6-3)75-69(72)63-60-57-54-51-48-45-42-38-29-26-23-20-17-14-11-8-5-2/h7-8,10-11,16-21,25-29,31-32,34-35,37,39-40,44,47,66H,4-6,9,12-15,22-24,30,33,36,38,41-43,45-46,48-65H2,1-3H3/b10-7-,11-8-,19-16-,20-17-,21-18-,28-25-,29-26-,32-31-,35-34-,39-37-,40-27-,47-44-. The van der Waals surface area contributed by atoms with Crippen LogP contribution in [0.15, 0.2) is 146 Å². The fourth-order valence-electron chi connectivity index (χ4n) is 7.82. The van der Waals surface area contributed by atoms with Crippen molar-refractivity contribution in [1.29, 1.82) is 0 Å². The zero-order valence-electron chi connectivity index (χ0n) is 48.3. The van der Waals surface area contributed by atoms with Gasteiger partial charge in [-0.05, 0) is 141 Å². The van der Waals surface area contributed by atoms with Crippen molar-refractivity contribution in [2.75, 3.05) is 13.2 Å². The van der Waals surface area contributed by atoms with Gasteiger partial charge in [0.1, 0.15) is 13.2 Å². The summed E-state index contributed by atoms with van der Waals surface area (Å²) in [6.45, 7) is 6.34. The van der Waals surface area contributed by atoms with Gasteiger partial charge in [0.25, 0.3) is 0 Å². The van der Waals surface area contributed by atoms with Crippen molar-refractivity contribution in [2.45, 2.75) is 258 Å². The van der Waals surface area contributed by atoms with E-state index in [-0.39, 0.29) is 31.1 Å². The normalized spacial score (nSPS) is 13.2. The molecule has 75 heavy (non-hydrogen) atoms. The first kappa shape index (κ1) is 70.3. The molecule has 0 bridgehead atoms. The number of allylic oxidation sites excluding steroid dienone is 24. The van der Waals surface area contributed by atoms with E-state index in [1.54, 1.807) is 0 Å². The topological polar surface area (TPSA) is 78.9 Å². The molecular formula is C69H110O6. The van der Waals surface area contributed by atoms with Crippen molar-refractivity contribution in [3.8, 4) is 0 Å². The van der Waals surface area contributed by atoms with E-state index < -0.39 is 6.10 Å². The summed E-state index contributed by atoms with van der Waals surface area (Å²) < 4.78 is 16.9. The lowest BCUT2D eigenvalue weighted by Crippen LogP contribution is -2.30. The quantitative estimate of drug-likeness (QED) is 0.0261. The molecule has 0 saturated carbocycles. The fraction of sp³-hybridized carbons (Fsp3) is 0.609. The predicted molar refractivity (Wildman–Crippen MR) is 325 cm³/mol. The number of rotatable bonds is 53. The Morgan fingerprint density at radius 1 is 0.280 bits per heavy atom. The number of carbonyl (C=O) groups is 3. The molecule has 1 atom stereocenters. The Kier molecular flexibility index (Phi) is 58.0. The molecule has 0 aromatic heterocycles. The first-order chi connectivity index (χ1) is 37.0. The first-order valence-electron chi connectivity index (χ1n) is 30.3. The van der Waals surface area contributed by atoms with E-state index in [0.717, 1.165) is 167 Å². The zero-order valence-corrected chi connectivity index (χ0v) is 48.3. The molecule has 0 N–H and O–H groups in total. The van der Waals surface area contributed by atoms with Gasteiger partial charge in [-0.25, -0.2) is 0 Å². The second kappa shape index (κ2) is 61.8. The van der Waals surface area contributed by atoms with Crippen LogP contribution in [0, 0.1) is 0 Å². The zero-order chi connectivity index (χ0) is 54.3. The molecule has 0 saturated heterocycles. The van der Waals surface area contributed by atoms with Gasteiger partial charge in [-0.3, -0.25) is 14.4 Å². The third-order valence-corrected chi connectivity index (χ3v) is 12.3. The Labute approximate surface area is 461 Å². The van der Waals surface area contributed by atoms with Crippen molar-refractivity contribution in [2.24, 2.45) is 0 Å². The number of carbonyl (C=O) groups excluding carboxylic acids is 3. The van der Waals surface area contributed by atoms with Crippen LogP contribution in [0.2, 0.25) is 0 Å². The van der Waals surface area contributed by atoms with E-state index in [1.807, 2.05) is 0 Å². The monoisotopic (exact) mass is 1030 g/mol.